The fourth-order valence-corrected chi connectivity index (χ4v) is 1.61. The van der Waals surface area contributed by atoms with E-state index < -0.39 is 0 Å². The lowest BCUT2D eigenvalue weighted by atomic mass is 10.2. The van der Waals surface area contributed by atoms with E-state index in [2.05, 4.69) is 0 Å². The van der Waals surface area contributed by atoms with Crippen LogP contribution in [0.2, 0.25) is 5.02 Å². The molecule has 0 saturated carbocycles. The van der Waals surface area contributed by atoms with Crippen molar-refractivity contribution in [2.24, 2.45) is 0 Å². The van der Waals surface area contributed by atoms with Gasteiger partial charge in [-0.15, -0.1) is 0 Å². The van der Waals surface area contributed by atoms with Gasteiger partial charge in [0, 0.05) is 11.1 Å². The van der Waals surface area contributed by atoms with Gasteiger partial charge < -0.3 is 4.74 Å². The second kappa shape index (κ2) is 4.54. The van der Waals surface area contributed by atoms with Gasteiger partial charge in [0.15, 0.2) is 0 Å². The molecule has 16 heavy (non-hydrogen) atoms. The van der Waals surface area contributed by atoms with E-state index in [-0.39, 0.29) is 5.82 Å². The van der Waals surface area contributed by atoms with Crippen LogP contribution in [0.1, 0.15) is 5.56 Å². The van der Waals surface area contributed by atoms with Crippen molar-refractivity contribution in [1.82, 2.24) is 0 Å². The third-order valence-electron chi connectivity index (χ3n) is 2.16. The number of rotatable bonds is 2. The summed E-state index contributed by atoms with van der Waals surface area (Å²) in [5.74, 6) is 0.838. The molecule has 0 aromatic heterocycles. The van der Waals surface area contributed by atoms with E-state index in [0.717, 1.165) is 5.56 Å². The summed E-state index contributed by atoms with van der Waals surface area (Å²) >= 11 is 5.83. The predicted molar refractivity (Wildman–Crippen MR) is 62.7 cm³/mol. The Labute approximate surface area is 98.4 Å². The summed E-state index contributed by atoms with van der Waals surface area (Å²) in [6.45, 7) is 1.89. The topological polar surface area (TPSA) is 9.23 Å². The van der Waals surface area contributed by atoms with Crippen LogP contribution in [0.5, 0.6) is 11.5 Å². The molecule has 82 valence electrons. The normalized spacial score (nSPS) is 10.2. The summed E-state index contributed by atoms with van der Waals surface area (Å²) in [6.07, 6.45) is 0. The van der Waals surface area contributed by atoms with Crippen LogP contribution in [0.25, 0.3) is 0 Å². The molecule has 2 rings (SSSR count). The molecule has 0 atom stereocenters. The van der Waals surface area contributed by atoms with Crippen LogP contribution in [-0.4, -0.2) is 0 Å². The van der Waals surface area contributed by atoms with E-state index in [1.807, 2.05) is 6.92 Å². The van der Waals surface area contributed by atoms with Crippen molar-refractivity contribution < 1.29 is 9.13 Å². The molecule has 3 heteroatoms. The maximum absolute atomic E-state index is 12.9. The maximum Gasteiger partial charge on any atom is 0.130 e. The number of halogens is 2. The summed E-state index contributed by atoms with van der Waals surface area (Å²) in [5, 5.41) is 0.657. The molecule has 0 heterocycles. The Morgan fingerprint density at radius 1 is 1.12 bits per heavy atom. The van der Waals surface area contributed by atoms with Gasteiger partial charge >= 0.3 is 0 Å². The maximum atomic E-state index is 12.9. The van der Waals surface area contributed by atoms with E-state index in [1.54, 1.807) is 30.3 Å². The van der Waals surface area contributed by atoms with Gasteiger partial charge in [0.2, 0.25) is 0 Å². The Hall–Kier alpha value is -1.54. The smallest absolute Gasteiger partial charge is 0.130 e. The number of benzene rings is 2. The van der Waals surface area contributed by atoms with Gasteiger partial charge in [-0.1, -0.05) is 17.7 Å². The molecule has 0 aliphatic heterocycles. The number of hydrogen-bond acceptors (Lipinski definition) is 1. The monoisotopic (exact) mass is 236 g/mol. The van der Waals surface area contributed by atoms with Crippen molar-refractivity contribution >= 4 is 11.6 Å². The van der Waals surface area contributed by atoms with Crippen molar-refractivity contribution in [3.05, 3.63) is 58.9 Å². The lowest BCUT2D eigenvalue weighted by Gasteiger charge is -2.08. The molecule has 2 aromatic rings. The summed E-state index contributed by atoms with van der Waals surface area (Å²) in [5.41, 5.74) is 0.914. The second-order valence-corrected chi connectivity index (χ2v) is 3.91. The second-order valence-electron chi connectivity index (χ2n) is 3.47. The molecule has 2 aromatic carbocycles. The van der Waals surface area contributed by atoms with Crippen molar-refractivity contribution in [1.29, 1.82) is 0 Å². The molecular weight excluding hydrogens is 227 g/mol. The van der Waals surface area contributed by atoms with Gasteiger partial charge in [0.25, 0.3) is 0 Å². The third kappa shape index (κ3) is 2.52. The molecule has 0 radical (unpaired) electrons. The highest BCUT2D eigenvalue weighted by atomic mass is 35.5. The molecular formula is C13H10ClFO. The zero-order chi connectivity index (χ0) is 11.5. The Bertz CT molecular complexity index is 511. The summed E-state index contributed by atoms with van der Waals surface area (Å²) in [6, 6.07) is 11.3. The SMILES string of the molecule is Cc1cc(Cl)ccc1Oc1cccc(F)c1. The van der Waals surface area contributed by atoms with E-state index >= 15 is 0 Å². The predicted octanol–water partition coefficient (Wildman–Crippen LogP) is 4.58. The van der Waals surface area contributed by atoms with Gasteiger partial charge in [0.05, 0.1) is 0 Å². The third-order valence-corrected chi connectivity index (χ3v) is 2.40. The fourth-order valence-electron chi connectivity index (χ4n) is 1.38. The Morgan fingerprint density at radius 2 is 1.94 bits per heavy atom. The van der Waals surface area contributed by atoms with E-state index in [1.165, 1.54) is 12.1 Å². The molecule has 1 nitrogen and oxygen atoms in total. The van der Waals surface area contributed by atoms with Crippen LogP contribution in [0, 0.1) is 12.7 Å². The van der Waals surface area contributed by atoms with Crippen LogP contribution in [-0.2, 0) is 0 Å². The minimum Gasteiger partial charge on any atom is -0.457 e. The van der Waals surface area contributed by atoms with Gasteiger partial charge in [-0.3, -0.25) is 0 Å². The fraction of sp³-hybridized carbons (Fsp3) is 0.0769. The largest absolute Gasteiger partial charge is 0.457 e. The number of aryl methyl sites for hydroxylation is 1. The lowest BCUT2D eigenvalue weighted by molar-refractivity contribution is 0.473. The number of ether oxygens (including phenoxy) is 1. The molecule has 0 unspecified atom stereocenters. The molecule has 0 fully saturated rings. The summed E-state index contributed by atoms with van der Waals surface area (Å²) in [4.78, 5) is 0. The first-order valence-electron chi connectivity index (χ1n) is 4.85. The quantitative estimate of drug-likeness (QED) is 0.742. The minimum absolute atomic E-state index is 0.316. The molecule has 0 saturated heterocycles. The van der Waals surface area contributed by atoms with Gasteiger partial charge in [-0.25, -0.2) is 4.39 Å². The average molecular weight is 237 g/mol. The Balaban J connectivity index is 2.27. The molecule has 0 spiro atoms. The molecule has 0 bridgehead atoms. The standard InChI is InChI=1S/C13H10ClFO/c1-9-7-10(14)5-6-13(9)16-12-4-2-3-11(15)8-12/h2-8H,1H3. The average Bonchev–Trinajstić information content (AvgIpc) is 2.22. The Kier molecular flexibility index (Phi) is 3.11. The van der Waals surface area contributed by atoms with Crippen LogP contribution in [0.15, 0.2) is 42.5 Å². The van der Waals surface area contributed by atoms with Crippen LogP contribution in [0.4, 0.5) is 4.39 Å². The first-order valence-corrected chi connectivity index (χ1v) is 5.22. The molecule has 0 amide bonds. The molecule has 0 aliphatic carbocycles. The van der Waals surface area contributed by atoms with Crippen molar-refractivity contribution in [3.8, 4) is 11.5 Å². The van der Waals surface area contributed by atoms with Crippen molar-refractivity contribution in [2.45, 2.75) is 6.92 Å². The van der Waals surface area contributed by atoms with E-state index in [0.29, 0.717) is 16.5 Å². The van der Waals surface area contributed by atoms with Crippen LogP contribution < -0.4 is 4.74 Å². The molecule has 0 N–H and O–H groups in total. The number of hydrogen-bond donors (Lipinski definition) is 0. The zero-order valence-corrected chi connectivity index (χ0v) is 9.46. The van der Waals surface area contributed by atoms with Gasteiger partial charge in [-0.05, 0) is 42.8 Å². The highest BCUT2D eigenvalue weighted by molar-refractivity contribution is 6.30. The highest BCUT2D eigenvalue weighted by Gasteiger charge is 2.02. The van der Waals surface area contributed by atoms with Gasteiger partial charge in [0.1, 0.15) is 17.3 Å². The summed E-state index contributed by atoms with van der Waals surface area (Å²) in [7, 11) is 0. The van der Waals surface area contributed by atoms with Gasteiger partial charge in [-0.2, -0.15) is 0 Å². The Morgan fingerprint density at radius 3 is 2.62 bits per heavy atom. The van der Waals surface area contributed by atoms with E-state index in [9.17, 15) is 4.39 Å². The van der Waals surface area contributed by atoms with Crippen LogP contribution >= 0.6 is 11.6 Å². The first kappa shape index (κ1) is 11.0. The first-order chi connectivity index (χ1) is 7.65. The highest BCUT2D eigenvalue weighted by Crippen LogP contribution is 2.27. The molecule has 0 aliphatic rings. The lowest BCUT2D eigenvalue weighted by Crippen LogP contribution is -1.87. The van der Waals surface area contributed by atoms with Crippen LogP contribution in [0.3, 0.4) is 0 Å². The van der Waals surface area contributed by atoms with Crippen molar-refractivity contribution in [3.63, 3.8) is 0 Å². The summed E-state index contributed by atoms with van der Waals surface area (Å²) < 4.78 is 18.5. The van der Waals surface area contributed by atoms with E-state index in [4.69, 9.17) is 16.3 Å². The van der Waals surface area contributed by atoms with Crippen molar-refractivity contribution in [2.75, 3.05) is 0 Å². The minimum atomic E-state index is -0.316. The zero-order valence-electron chi connectivity index (χ0n) is 8.71.